The third kappa shape index (κ3) is 4.72. The fourth-order valence-corrected chi connectivity index (χ4v) is 0.508. The molecule has 0 aromatic carbocycles. The summed E-state index contributed by atoms with van der Waals surface area (Å²) < 4.78 is 4.42. The molecule has 64 valence electrons. The van der Waals surface area contributed by atoms with E-state index in [9.17, 15) is 4.79 Å². The molecule has 4 heteroatoms. The van der Waals surface area contributed by atoms with Gasteiger partial charge in [0.1, 0.15) is 6.54 Å². The summed E-state index contributed by atoms with van der Waals surface area (Å²) in [5, 5.41) is 2.79. The van der Waals surface area contributed by atoms with Gasteiger partial charge < -0.3 is 10.1 Å². The van der Waals surface area contributed by atoms with Crippen LogP contribution in [0, 0.1) is 5.92 Å². The fraction of sp³-hybridized carbons (Fsp3) is 0.714. The largest absolute Gasteiger partial charge is 0.468 e. The monoisotopic (exact) mass is 175 g/mol. The Balaban J connectivity index is 3.54. The summed E-state index contributed by atoms with van der Waals surface area (Å²) in [4.78, 5) is 11.3. The van der Waals surface area contributed by atoms with Crippen molar-refractivity contribution in [3.8, 4) is 0 Å². The second kappa shape index (κ2) is 5.07. The van der Waals surface area contributed by atoms with E-state index in [1.54, 1.807) is 0 Å². The van der Waals surface area contributed by atoms with Crippen LogP contribution in [0.3, 0.4) is 0 Å². The number of rotatable bonds is 3. The first-order valence-corrected chi connectivity index (χ1v) is 3.83. The molecule has 3 nitrogen and oxygen atoms in total. The minimum atomic E-state index is -0.298. The van der Waals surface area contributed by atoms with Crippen LogP contribution in [-0.2, 0) is 9.53 Å². The number of carbonyl (C=O) groups excluding carboxylic acids is 1. The molecule has 0 saturated heterocycles. The predicted molar refractivity (Wildman–Crippen MR) is 47.5 cm³/mol. The maximum absolute atomic E-state index is 10.6. The SMILES string of the molecule is COC(=O)CNC(=S)C(C)C. The number of ether oxygens (including phenoxy) is 1. The lowest BCUT2D eigenvalue weighted by molar-refractivity contribution is -0.139. The lowest BCUT2D eigenvalue weighted by atomic mass is 10.2. The van der Waals surface area contributed by atoms with Gasteiger partial charge in [0.2, 0.25) is 0 Å². The minimum Gasteiger partial charge on any atom is -0.468 e. The Labute approximate surface area is 72.1 Å². The number of nitrogens with one attached hydrogen (secondary N) is 1. The summed E-state index contributed by atoms with van der Waals surface area (Å²) in [6.45, 7) is 4.09. The maximum atomic E-state index is 10.6. The maximum Gasteiger partial charge on any atom is 0.325 e. The van der Waals surface area contributed by atoms with Crippen molar-refractivity contribution in [2.45, 2.75) is 13.8 Å². The molecular formula is C7H13NO2S. The number of hydrogen-bond donors (Lipinski definition) is 1. The Morgan fingerprint density at radius 3 is 2.55 bits per heavy atom. The first kappa shape index (κ1) is 10.4. The van der Waals surface area contributed by atoms with Crippen molar-refractivity contribution in [1.82, 2.24) is 5.32 Å². The molecule has 0 aromatic heterocycles. The van der Waals surface area contributed by atoms with Gasteiger partial charge >= 0.3 is 5.97 Å². The Kier molecular flexibility index (Phi) is 4.77. The molecule has 0 fully saturated rings. The normalized spacial score (nSPS) is 9.45. The average Bonchev–Trinajstić information content (AvgIpc) is 1.99. The smallest absolute Gasteiger partial charge is 0.325 e. The molecule has 0 saturated carbocycles. The first-order chi connectivity index (χ1) is 5.07. The number of esters is 1. The van der Waals surface area contributed by atoms with Crippen molar-refractivity contribution in [3.63, 3.8) is 0 Å². The van der Waals surface area contributed by atoms with E-state index in [4.69, 9.17) is 12.2 Å². The van der Waals surface area contributed by atoms with Crippen LogP contribution < -0.4 is 5.32 Å². The number of thiocarbonyl (C=S) groups is 1. The van der Waals surface area contributed by atoms with E-state index in [-0.39, 0.29) is 18.4 Å². The van der Waals surface area contributed by atoms with E-state index in [0.717, 1.165) is 0 Å². The van der Waals surface area contributed by atoms with Crippen LogP contribution in [0.4, 0.5) is 0 Å². The number of carbonyl (C=O) groups is 1. The van der Waals surface area contributed by atoms with Crippen LogP contribution >= 0.6 is 12.2 Å². The highest BCUT2D eigenvalue weighted by molar-refractivity contribution is 7.80. The van der Waals surface area contributed by atoms with Gasteiger partial charge in [-0.3, -0.25) is 4.79 Å². The predicted octanol–water partition coefficient (Wildman–Crippen LogP) is 0.732. The molecular weight excluding hydrogens is 162 g/mol. The summed E-state index contributed by atoms with van der Waals surface area (Å²) in [5.41, 5.74) is 0. The van der Waals surface area contributed by atoms with Gasteiger partial charge in [-0.05, 0) is 0 Å². The molecule has 0 spiro atoms. The van der Waals surface area contributed by atoms with E-state index in [2.05, 4.69) is 10.1 Å². The van der Waals surface area contributed by atoms with Crippen molar-refractivity contribution >= 4 is 23.2 Å². The summed E-state index contributed by atoms with van der Waals surface area (Å²) in [7, 11) is 1.35. The Morgan fingerprint density at radius 1 is 1.64 bits per heavy atom. The zero-order valence-corrected chi connectivity index (χ0v) is 7.83. The minimum absolute atomic E-state index is 0.160. The summed E-state index contributed by atoms with van der Waals surface area (Å²) >= 11 is 4.93. The van der Waals surface area contributed by atoms with Crippen molar-refractivity contribution in [1.29, 1.82) is 0 Å². The van der Waals surface area contributed by atoms with E-state index in [1.807, 2.05) is 13.8 Å². The van der Waals surface area contributed by atoms with Gasteiger partial charge in [0, 0.05) is 5.92 Å². The molecule has 0 radical (unpaired) electrons. The van der Waals surface area contributed by atoms with E-state index in [0.29, 0.717) is 4.99 Å². The second-order valence-corrected chi connectivity index (χ2v) is 2.89. The van der Waals surface area contributed by atoms with Crippen LogP contribution in [0.2, 0.25) is 0 Å². The molecule has 0 bridgehead atoms. The molecule has 0 aliphatic rings. The average molecular weight is 175 g/mol. The van der Waals surface area contributed by atoms with E-state index in [1.165, 1.54) is 7.11 Å². The highest BCUT2D eigenvalue weighted by atomic mass is 32.1. The molecule has 0 aliphatic carbocycles. The van der Waals surface area contributed by atoms with Crippen LogP contribution in [0.1, 0.15) is 13.8 Å². The van der Waals surface area contributed by atoms with Crippen molar-refractivity contribution in [2.24, 2.45) is 5.92 Å². The first-order valence-electron chi connectivity index (χ1n) is 3.42. The topological polar surface area (TPSA) is 38.3 Å². The van der Waals surface area contributed by atoms with Crippen LogP contribution in [-0.4, -0.2) is 24.6 Å². The quantitative estimate of drug-likeness (QED) is 0.507. The Morgan fingerprint density at radius 2 is 2.18 bits per heavy atom. The molecule has 11 heavy (non-hydrogen) atoms. The third-order valence-corrected chi connectivity index (χ3v) is 1.77. The number of hydrogen-bond acceptors (Lipinski definition) is 3. The summed E-state index contributed by atoms with van der Waals surface area (Å²) in [6.07, 6.45) is 0. The molecule has 0 rings (SSSR count). The van der Waals surface area contributed by atoms with Gasteiger partial charge in [0.25, 0.3) is 0 Å². The third-order valence-electron chi connectivity index (χ3n) is 1.16. The second-order valence-electron chi connectivity index (χ2n) is 2.45. The van der Waals surface area contributed by atoms with Gasteiger partial charge in [-0.1, -0.05) is 26.1 Å². The molecule has 0 unspecified atom stereocenters. The molecule has 1 N–H and O–H groups in total. The van der Waals surface area contributed by atoms with Crippen molar-refractivity contribution in [2.75, 3.05) is 13.7 Å². The van der Waals surface area contributed by atoms with E-state index >= 15 is 0 Å². The van der Waals surface area contributed by atoms with Crippen LogP contribution in [0.5, 0.6) is 0 Å². The van der Waals surface area contributed by atoms with E-state index < -0.39 is 0 Å². The number of methoxy groups -OCH3 is 1. The van der Waals surface area contributed by atoms with Crippen molar-refractivity contribution < 1.29 is 9.53 Å². The molecule has 0 amide bonds. The van der Waals surface area contributed by atoms with Gasteiger partial charge in [0.15, 0.2) is 0 Å². The highest BCUT2D eigenvalue weighted by Gasteiger charge is 2.04. The molecule has 0 aromatic rings. The Bertz CT molecular complexity index is 157. The van der Waals surface area contributed by atoms with Gasteiger partial charge in [0.05, 0.1) is 12.1 Å². The zero-order valence-electron chi connectivity index (χ0n) is 7.01. The zero-order chi connectivity index (χ0) is 8.85. The summed E-state index contributed by atoms with van der Waals surface area (Å²) in [6, 6.07) is 0. The van der Waals surface area contributed by atoms with Crippen LogP contribution in [0.15, 0.2) is 0 Å². The van der Waals surface area contributed by atoms with Gasteiger partial charge in [-0.25, -0.2) is 0 Å². The standard InChI is InChI=1S/C7H13NO2S/c1-5(2)7(11)8-4-6(9)10-3/h5H,4H2,1-3H3,(H,8,11). The highest BCUT2D eigenvalue weighted by Crippen LogP contribution is 1.92. The fourth-order valence-electron chi connectivity index (χ4n) is 0.436. The van der Waals surface area contributed by atoms with Crippen LogP contribution in [0.25, 0.3) is 0 Å². The molecule has 0 atom stereocenters. The lowest BCUT2D eigenvalue weighted by Gasteiger charge is -2.08. The van der Waals surface area contributed by atoms with Gasteiger partial charge in [-0.2, -0.15) is 0 Å². The Hall–Kier alpha value is -0.640. The summed E-state index contributed by atoms with van der Waals surface area (Å²) in [5.74, 6) is -0.0253. The molecule has 0 heterocycles. The lowest BCUT2D eigenvalue weighted by Crippen LogP contribution is -2.31. The molecule has 0 aliphatic heterocycles. The van der Waals surface area contributed by atoms with Crippen molar-refractivity contribution in [3.05, 3.63) is 0 Å². The van der Waals surface area contributed by atoms with Gasteiger partial charge in [-0.15, -0.1) is 0 Å².